The number of rotatable bonds is 13. The van der Waals surface area contributed by atoms with Crippen molar-refractivity contribution in [1.29, 1.82) is 0 Å². The number of halogens is 2. The second kappa shape index (κ2) is 14.5. The summed E-state index contributed by atoms with van der Waals surface area (Å²) in [4.78, 5) is 0. The second-order valence-electron chi connectivity index (χ2n) is 11.3. The van der Waals surface area contributed by atoms with Gasteiger partial charge in [-0.1, -0.05) is 120 Å². The first kappa shape index (κ1) is 28.3. The van der Waals surface area contributed by atoms with Gasteiger partial charge in [0.15, 0.2) is 11.6 Å². The molecule has 3 aromatic carbocycles. The molecule has 1 saturated carbocycles. The largest absolute Gasteiger partial charge is 0.494 e. The molecule has 0 bridgehead atoms. The molecule has 0 amide bonds. The maximum atomic E-state index is 14.8. The summed E-state index contributed by atoms with van der Waals surface area (Å²) in [5, 5.41) is 0. The highest BCUT2D eigenvalue weighted by atomic mass is 19.2. The fraction of sp³-hybridized carbons (Fsp3) is 0.486. The van der Waals surface area contributed by atoms with Crippen LogP contribution >= 0.6 is 0 Å². The van der Waals surface area contributed by atoms with Crippen LogP contribution in [0.5, 0.6) is 5.75 Å². The summed E-state index contributed by atoms with van der Waals surface area (Å²) in [6, 6.07) is 19.2. The predicted octanol–water partition coefficient (Wildman–Crippen LogP) is 10.8. The van der Waals surface area contributed by atoms with Crippen LogP contribution in [0.1, 0.15) is 90.0 Å². The first-order valence-corrected chi connectivity index (χ1v) is 14.9. The highest BCUT2D eigenvalue weighted by Crippen LogP contribution is 2.32. The van der Waals surface area contributed by atoms with Crippen molar-refractivity contribution in [3.05, 3.63) is 77.9 Å². The SMILES string of the molecule is CCCCCc1ccc(-c2ccc(-c3ccc(OCCCCCC4CCC(C)CC4)cc3)cc2)c(F)c1F. The Morgan fingerprint density at radius 3 is 2.03 bits per heavy atom. The van der Waals surface area contributed by atoms with E-state index < -0.39 is 11.6 Å². The van der Waals surface area contributed by atoms with Gasteiger partial charge in [-0.3, -0.25) is 0 Å². The van der Waals surface area contributed by atoms with E-state index >= 15 is 0 Å². The number of hydrogen-bond donors (Lipinski definition) is 0. The van der Waals surface area contributed by atoms with Crippen LogP contribution in [0.4, 0.5) is 8.78 Å². The first-order chi connectivity index (χ1) is 18.5. The molecule has 1 aliphatic rings. The molecule has 3 heteroatoms. The van der Waals surface area contributed by atoms with E-state index in [1.54, 1.807) is 12.1 Å². The lowest BCUT2D eigenvalue weighted by molar-refractivity contribution is 0.264. The molecule has 0 aliphatic heterocycles. The van der Waals surface area contributed by atoms with Crippen molar-refractivity contribution in [2.75, 3.05) is 6.61 Å². The minimum atomic E-state index is -0.753. The minimum absolute atomic E-state index is 0.311. The fourth-order valence-corrected chi connectivity index (χ4v) is 5.68. The number of unbranched alkanes of at least 4 members (excludes halogenated alkanes) is 4. The van der Waals surface area contributed by atoms with Crippen LogP contribution in [-0.4, -0.2) is 6.61 Å². The van der Waals surface area contributed by atoms with Crippen molar-refractivity contribution in [2.45, 2.75) is 90.9 Å². The molecule has 0 atom stereocenters. The molecule has 204 valence electrons. The Labute approximate surface area is 228 Å². The zero-order valence-electron chi connectivity index (χ0n) is 23.3. The predicted molar refractivity (Wildman–Crippen MR) is 156 cm³/mol. The van der Waals surface area contributed by atoms with Crippen molar-refractivity contribution in [2.24, 2.45) is 11.8 Å². The molecule has 4 rings (SSSR count). The smallest absolute Gasteiger partial charge is 0.166 e. The van der Waals surface area contributed by atoms with Crippen molar-refractivity contribution in [3.63, 3.8) is 0 Å². The average Bonchev–Trinajstić information content (AvgIpc) is 2.95. The molecule has 0 aromatic heterocycles. The van der Waals surface area contributed by atoms with Crippen LogP contribution in [0.2, 0.25) is 0 Å². The molecule has 0 saturated heterocycles. The first-order valence-electron chi connectivity index (χ1n) is 14.9. The third-order valence-corrected chi connectivity index (χ3v) is 8.26. The summed E-state index contributed by atoms with van der Waals surface area (Å²) in [7, 11) is 0. The van der Waals surface area contributed by atoms with Crippen LogP contribution in [0.3, 0.4) is 0 Å². The molecule has 1 nitrogen and oxygen atoms in total. The van der Waals surface area contributed by atoms with E-state index in [0.29, 0.717) is 23.1 Å². The summed E-state index contributed by atoms with van der Waals surface area (Å²) in [5.74, 6) is 1.32. The van der Waals surface area contributed by atoms with E-state index in [-0.39, 0.29) is 0 Å². The standard InChI is InChI=1S/C35H44F2O/c1-3-4-6-10-31-21-24-33(35(37)34(31)36)30-17-15-28(16-18-30)29-19-22-32(23-20-29)38-25-8-5-7-9-27-13-11-26(2)12-14-27/h15-24,26-27H,3-14,25H2,1-2H3. The molecule has 1 aliphatic carbocycles. The summed E-state index contributed by atoms with van der Waals surface area (Å²) in [5.41, 5.74) is 3.57. The molecule has 0 spiro atoms. The Morgan fingerprint density at radius 2 is 1.34 bits per heavy atom. The normalized spacial score (nSPS) is 17.5. The van der Waals surface area contributed by atoms with Gasteiger partial charge < -0.3 is 4.74 Å². The monoisotopic (exact) mass is 518 g/mol. The fourth-order valence-electron chi connectivity index (χ4n) is 5.68. The summed E-state index contributed by atoms with van der Waals surface area (Å²) < 4.78 is 35.4. The van der Waals surface area contributed by atoms with Gasteiger partial charge in [-0.25, -0.2) is 8.78 Å². The molecular formula is C35H44F2O. The van der Waals surface area contributed by atoms with Gasteiger partial charge in [0.1, 0.15) is 5.75 Å². The van der Waals surface area contributed by atoms with Gasteiger partial charge in [0.2, 0.25) is 0 Å². The molecular weight excluding hydrogens is 474 g/mol. The average molecular weight is 519 g/mol. The third-order valence-electron chi connectivity index (χ3n) is 8.26. The Morgan fingerprint density at radius 1 is 0.684 bits per heavy atom. The van der Waals surface area contributed by atoms with E-state index in [4.69, 9.17) is 4.74 Å². The number of aryl methyl sites for hydroxylation is 1. The minimum Gasteiger partial charge on any atom is -0.494 e. The van der Waals surface area contributed by atoms with E-state index in [0.717, 1.165) is 61.0 Å². The van der Waals surface area contributed by atoms with Crippen molar-refractivity contribution in [3.8, 4) is 28.0 Å². The van der Waals surface area contributed by atoms with E-state index in [2.05, 4.69) is 26.0 Å². The Balaban J connectivity index is 1.24. The van der Waals surface area contributed by atoms with Gasteiger partial charge in [0.05, 0.1) is 6.61 Å². The zero-order chi connectivity index (χ0) is 26.7. The van der Waals surface area contributed by atoms with Gasteiger partial charge in [-0.2, -0.15) is 0 Å². The Hall–Kier alpha value is -2.68. The quantitative estimate of drug-likeness (QED) is 0.204. The van der Waals surface area contributed by atoms with Crippen LogP contribution in [0.15, 0.2) is 60.7 Å². The molecule has 0 heterocycles. The maximum Gasteiger partial charge on any atom is 0.166 e. The van der Waals surface area contributed by atoms with Crippen molar-refractivity contribution < 1.29 is 13.5 Å². The molecule has 0 N–H and O–H groups in total. The van der Waals surface area contributed by atoms with Gasteiger partial charge in [-0.05, 0) is 65.5 Å². The third kappa shape index (κ3) is 7.91. The summed E-state index contributed by atoms with van der Waals surface area (Å²) in [6.07, 6.45) is 14.3. The summed E-state index contributed by atoms with van der Waals surface area (Å²) >= 11 is 0. The van der Waals surface area contributed by atoms with E-state index in [1.807, 2.05) is 36.4 Å². The van der Waals surface area contributed by atoms with Crippen molar-refractivity contribution in [1.82, 2.24) is 0 Å². The zero-order valence-corrected chi connectivity index (χ0v) is 23.3. The highest BCUT2D eigenvalue weighted by molar-refractivity contribution is 5.71. The number of benzene rings is 3. The van der Waals surface area contributed by atoms with Gasteiger partial charge in [0, 0.05) is 5.56 Å². The molecule has 1 fully saturated rings. The lowest BCUT2D eigenvalue weighted by atomic mass is 9.80. The molecule has 0 unspecified atom stereocenters. The van der Waals surface area contributed by atoms with E-state index in [1.165, 1.54) is 44.9 Å². The lowest BCUT2D eigenvalue weighted by Gasteiger charge is -2.26. The van der Waals surface area contributed by atoms with Crippen LogP contribution < -0.4 is 4.74 Å². The van der Waals surface area contributed by atoms with Gasteiger partial charge in [0.25, 0.3) is 0 Å². The topological polar surface area (TPSA) is 9.23 Å². The van der Waals surface area contributed by atoms with Crippen LogP contribution in [-0.2, 0) is 6.42 Å². The number of ether oxygens (including phenoxy) is 1. The Kier molecular flexibility index (Phi) is 10.8. The second-order valence-corrected chi connectivity index (χ2v) is 11.3. The Bertz CT molecular complexity index is 1110. The molecule has 3 aromatic rings. The van der Waals surface area contributed by atoms with Crippen molar-refractivity contribution >= 4 is 0 Å². The lowest BCUT2D eigenvalue weighted by Crippen LogP contribution is -2.12. The van der Waals surface area contributed by atoms with Crippen LogP contribution in [0.25, 0.3) is 22.3 Å². The molecule has 38 heavy (non-hydrogen) atoms. The molecule has 0 radical (unpaired) electrons. The van der Waals surface area contributed by atoms with Gasteiger partial charge in [-0.15, -0.1) is 0 Å². The van der Waals surface area contributed by atoms with Gasteiger partial charge >= 0.3 is 0 Å². The number of hydrogen-bond acceptors (Lipinski definition) is 1. The van der Waals surface area contributed by atoms with E-state index in [9.17, 15) is 8.78 Å². The summed E-state index contributed by atoms with van der Waals surface area (Å²) in [6.45, 7) is 5.25. The van der Waals surface area contributed by atoms with Crippen LogP contribution in [0, 0.1) is 23.5 Å². The maximum absolute atomic E-state index is 14.8. The highest BCUT2D eigenvalue weighted by Gasteiger charge is 2.17.